The summed E-state index contributed by atoms with van der Waals surface area (Å²) >= 11 is 0. The van der Waals surface area contributed by atoms with Crippen LogP contribution in [0.5, 0.6) is 0 Å². The van der Waals surface area contributed by atoms with Crippen LogP contribution < -0.4 is 16.0 Å². The molecule has 0 bridgehead atoms. The van der Waals surface area contributed by atoms with E-state index in [4.69, 9.17) is 4.74 Å². The van der Waals surface area contributed by atoms with E-state index in [1.807, 2.05) is 6.07 Å². The quantitative estimate of drug-likeness (QED) is 0.360. The number of nitrogens with zero attached hydrogens (tertiary/aromatic N) is 2. The lowest BCUT2D eigenvalue weighted by Gasteiger charge is -2.30. The van der Waals surface area contributed by atoms with Gasteiger partial charge in [0.15, 0.2) is 0 Å². The van der Waals surface area contributed by atoms with Crippen LogP contribution in [0.3, 0.4) is 0 Å². The largest absolute Gasteiger partial charge is 0.444 e. The van der Waals surface area contributed by atoms with Gasteiger partial charge in [-0.3, -0.25) is 29.1 Å². The molecule has 1 aliphatic heterocycles. The number of fused-ring (bicyclic) bond motifs is 1. The van der Waals surface area contributed by atoms with Gasteiger partial charge in [0.05, 0.1) is 12.2 Å². The van der Waals surface area contributed by atoms with Crippen molar-refractivity contribution < 1.29 is 28.7 Å². The molecule has 4 amide bonds. The smallest absolute Gasteiger partial charge is 0.410 e. The standard InChI is InChI=1S/C32H41N5O6/c1-20(35-29(40)26-24-15-10-13-22(24)19-37(26)31(42)43-32(2,3)4)28(39)36-25(17-21-11-6-5-7-12-21)27(38)30(41)34-18-23-14-8-9-16-33-23/h5-9,11-12,14,16,20,22,24-26H,10,13,15,17-19H2,1-4H3,(H,34,41)(H,35,40)(H,36,39)/t20-,22?,24?,25-,26?/m1/s1. The number of ketones is 1. The molecule has 1 aromatic heterocycles. The number of Topliss-reactive ketones (excluding diaryl/α,β-unsaturated/α-hetero) is 1. The summed E-state index contributed by atoms with van der Waals surface area (Å²) in [6.45, 7) is 7.32. The lowest BCUT2D eigenvalue weighted by molar-refractivity contribution is -0.140. The van der Waals surface area contributed by atoms with E-state index < -0.39 is 53.3 Å². The molecule has 3 N–H and O–H groups in total. The summed E-state index contributed by atoms with van der Waals surface area (Å²) in [6, 6.07) is 11.3. The van der Waals surface area contributed by atoms with Crippen molar-refractivity contribution in [2.45, 2.75) is 83.6 Å². The van der Waals surface area contributed by atoms with Crippen molar-refractivity contribution in [1.82, 2.24) is 25.8 Å². The highest BCUT2D eigenvalue weighted by Gasteiger charge is 2.50. The molecule has 2 heterocycles. The minimum Gasteiger partial charge on any atom is -0.444 e. The fourth-order valence-electron chi connectivity index (χ4n) is 5.79. The fourth-order valence-corrected chi connectivity index (χ4v) is 5.79. The number of ether oxygens (including phenoxy) is 1. The van der Waals surface area contributed by atoms with Crippen LogP contribution in [-0.2, 0) is 36.9 Å². The molecular formula is C32H41N5O6. The van der Waals surface area contributed by atoms with Crippen LogP contribution in [0.4, 0.5) is 4.79 Å². The van der Waals surface area contributed by atoms with Gasteiger partial charge in [-0.2, -0.15) is 0 Å². The molecule has 11 nitrogen and oxygen atoms in total. The number of carbonyl (C=O) groups is 5. The predicted octanol–water partition coefficient (Wildman–Crippen LogP) is 2.53. The minimum atomic E-state index is -1.16. The Hall–Kier alpha value is -4.28. The molecule has 1 saturated carbocycles. The van der Waals surface area contributed by atoms with Crippen LogP contribution in [0.25, 0.3) is 0 Å². The molecule has 2 fully saturated rings. The SMILES string of the molecule is C[C@@H](NC(=O)C1C2CCCC2CN1C(=O)OC(C)(C)C)C(=O)N[C@H](Cc1ccccc1)C(=O)C(=O)NCc1ccccn1. The first-order chi connectivity index (χ1) is 20.4. The molecule has 230 valence electrons. The Balaban J connectivity index is 1.43. The van der Waals surface area contributed by atoms with Crippen molar-refractivity contribution in [2.75, 3.05) is 6.54 Å². The Kier molecular flexibility index (Phi) is 10.2. The van der Waals surface area contributed by atoms with Gasteiger partial charge >= 0.3 is 6.09 Å². The van der Waals surface area contributed by atoms with Gasteiger partial charge < -0.3 is 20.7 Å². The van der Waals surface area contributed by atoms with Gasteiger partial charge in [-0.15, -0.1) is 0 Å². The van der Waals surface area contributed by atoms with Gasteiger partial charge in [0.1, 0.15) is 23.7 Å². The molecule has 0 radical (unpaired) electrons. The molecule has 4 rings (SSSR count). The third-order valence-electron chi connectivity index (χ3n) is 7.83. The molecule has 2 aromatic rings. The molecule has 1 aromatic carbocycles. The maximum atomic E-state index is 13.5. The number of aromatic nitrogens is 1. The summed E-state index contributed by atoms with van der Waals surface area (Å²) in [5.41, 5.74) is 0.620. The first kappa shape index (κ1) is 31.7. The van der Waals surface area contributed by atoms with E-state index in [0.717, 1.165) is 24.8 Å². The molecule has 11 heteroatoms. The van der Waals surface area contributed by atoms with Crippen LogP contribution in [0.2, 0.25) is 0 Å². The van der Waals surface area contributed by atoms with E-state index in [1.54, 1.807) is 69.4 Å². The van der Waals surface area contributed by atoms with Crippen molar-refractivity contribution in [3.8, 4) is 0 Å². The minimum absolute atomic E-state index is 0.0158. The first-order valence-electron chi connectivity index (χ1n) is 14.8. The topological polar surface area (TPSA) is 147 Å². The lowest BCUT2D eigenvalue weighted by Crippen LogP contribution is -2.57. The third kappa shape index (κ3) is 8.39. The van der Waals surface area contributed by atoms with E-state index in [0.29, 0.717) is 12.2 Å². The summed E-state index contributed by atoms with van der Waals surface area (Å²) < 4.78 is 5.57. The average Bonchev–Trinajstić information content (AvgIpc) is 3.57. The van der Waals surface area contributed by atoms with Crippen molar-refractivity contribution in [1.29, 1.82) is 0 Å². The maximum Gasteiger partial charge on any atom is 0.410 e. The highest BCUT2D eigenvalue weighted by Crippen LogP contribution is 2.42. The third-order valence-corrected chi connectivity index (χ3v) is 7.83. The molecule has 0 spiro atoms. The number of hydrogen-bond acceptors (Lipinski definition) is 7. The molecular weight excluding hydrogens is 550 g/mol. The van der Waals surface area contributed by atoms with Gasteiger partial charge in [-0.05, 0) is 70.1 Å². The number of carbonyl (C=O) groups excluding carboxylic acids is 5. The molecule has 2 aliphatic rings. The highest BCUT2D eigenvalue weighted by molar-refractivity contribution is 6.38. The monoisotopic (exact) mass is 591 g/mol. The number of amides is 4. The van der Waals surface area contributed by atoms with E-state index in [-0.39, 0.29) is 24.8 Å². The normalized spacial score (nSPS) is 20.8. The number of benzene rings is 1. The van der Waals surface area contributed by atoms with E-state index in [1.165, 1.54) is 11.8 Å². The van der Waals surface area contributed by atoms with Crippen LogP contribution in [-0.4, -0.2) is 69.8 Å². The lowest BCUT2D eigenvalue weighted by atomic mass is 9.93. The van der Waals surface area contributed by atoms with Crippen molar-refractivity contribution in [2.24, 2.45) is 11.8 Å². The van der Waals surface area contributed by atoms with E-state index >= 15 is 0 Å². The van der Waals surface area contributed by atoms with Crippen LogP contribution in [0.1, 0.15) is 58.2 Å². The second-order valence-corrected chi connectivity index (χ2v) is 12.3. The number of rotatable bonds is 10. The number of nitrogens with one attached hydrogen (secondary N) is 3. The summed E-state index contributed by atoms with van der Waals surface area (Å²) in [7, 11) is 0. The van der Waals surface area contributed by atoms with Gasteiger partial charge in [0.25, 0.3) is 5.91 Å². The Morgan fingerprint density at radius 2 is 1.72 bits per heavy atom. The van der Waals surface area contributed by atoms with Gasteiger partial charge in [-0.25, -0.2) is 4.79 Å². The van der Waals surface area contributed by atoms with Crippen molar-refractivity contribution in [3.63, 3.8) is 0 Å². The Bertz CT molecular complexity index is 1310. The molecule has 1 saturated heterocycles. The first-order valence-corrected chi connectivity index (χ1v) is 14.8. The number of hydrogen-bond donors (Lipinski definition) is 3. The Morgan fingerprint density at radius 1 is 1.00 bits per heavy atom. The molecule has 43 heavy (non-hydrogen) atoms. The summed E-state index contributed by atoms with van der Waals surface area (Å²) in [4.78, 5) is 71.5. The zero-order valence-corrected chi connectivity index (χ0v) is 25.2. The average molecular weight is 592 g/mol. The molecule has 3 unspecified atom stereocenters. The van der Waals surface area contributed by atoms with Gasteiger partial charge in [-0.1, -0.05) is 42.8 Å². The number of likely N-dealkylation sites (tertiary alicyclic amines) is 1. The molecule has 5 atom stereocenters. The number of pyridine rings is 1. The highest BCUT2D eigenvalue weighted by atomic mass is 16.6. The predicted molar refractivity (Wildman–Crippen MR) is 158 cm³/mol. The van der Waals surface area contributed by atoms with Crippen molar-refractivity contribution >= 4 is 29.6 Å². The second-order valence-electron chi connectivity index (χ2n) is 12.3. The summed E-state index contributed by atoms with van der Waals surface area (Å²) in [6.07, 6.45) is 3.83. The van der Waals surface area contributed by atoms with Crippen LogP contribution in [0.15, 0.2) is 54.7 Å². The second kappa shape index (κ2) is 13.8. The van der Waals surface area contributed by atoms with Gasteiger partial charge in [0, 0.05) is 19.2 Å². The summed E-state index contributed by atoms with van der Waals surface area (Å²) in [5, 5.41) is 7.98. The van der Waals surface area contributed by atoms with Crippen LogP contribution in [0, 0.1) is 11.8 Å². The van der Waals surface area contributed by atoms with E-state index in [2.05, 4.69) is 20.9 Å². The Labute approximate surface area is 252 Å². The molecule has 1 aliphatic carbocycles. The summed E-state index contributed by atoms with van der Waals surface area (Å²) in [5.74, 6) is -2.54. The van der Waals surface area contributed by atoms with Crippen molar-refractivity contribution in [3.05, 3.63) is 66.0 Å². The maximum absolute atomic E-state index is 13.5. The Morgan fingerprint density at radius 3 is 2.40 bits per heavy atom. The van der Waals surface area contributed by atoms with E-state index in [9.17, 15) is 24.0 Å². The fraction of sp³-hybridized carbons (Fsp3) is 0.500. The zero-order valence-electron chi connectivity index (χ0n) is 25.2. The van der Waals surface area contributed by atoms with Crippen LogP contribution >= 0.6 is 0 Å². The zero-order chi connectivity index (χ0) is 31.1. The van der Waals surface area contributed by atoms with Gasteiger partial charge in [0.2, 0.25) is 17.6 Å².